The minimum Gasteiger partial charge on any atom is -0.464 e. The van der Waals surface area contributed by atoms with E-state index in [1.165, 1.54) is 17.1 Å². The molecule has 0 spiro atoms. The van der Waals surface area contributed by atoms with Crippen LogP contribution in [0.3, 0.4) is 0 Å². The van der Waals surface area contributed by atoms with Gasteiger partial charge in [0.1, 0.15) is 0 Å². The van der Waals surface area contributed by atoms with Gasteiger partial charge in [0.05, 0.1) is 23.3 Å². The fourth-order valence-corrected chi connectivity index (χ4v) is 6.47. The molecule has 0 unspecified atom stereocenters. The lowest BCUT2D eigenvalue weighted by Gasteiger charge is -2.23. The van der Waals surface area contributed by atoms with Crippen LogP contribution in [0.2, 0.25) is 0 Å². The molecule has 0 saturated carbocycles. The Bertz CT molecular complexity index is 1020. The highest BCUT2D eigenvalue weighted by Gasteiger charge is 2.42. The summed E-state index contributed by atoms with van der Waals surface area (Å²) >= 11 is 4.54. The van der Waals surface area contributed by atoms with Gasteiger partial charge < -0.3 is 9.29 Å². The number of carbonyl (C=O) groups is 1. The standard InChI is InChI=1S/C19H21BrN2O5S2/c1-12-8-14(20)6-7-18(12)29(25,26)16-10-17(22(11-16)21-19(23)24)13-4-3-5-15(9-13)28-27-2/h3-9,16-17,21H,10-11H2,1-2H3,(H,23,24)/t16-,17+/m0/s1. The second kappa shape index (κ2) is 9.05. The van der Waals surface area contributed by atoms with Gasteiger partial charge in [0, 0.05) is 28.0 Å². The summed E-state index contributed by atoms with van der Waals surface area (Å²) in [5.41, 5.74) is 3.84. The number of hydrogen-bond donors (Lipinski definition) is 2. The Morgan fingerprint density at radius 1 is 1.31 bits per heavy atom. The maximum atomic E-state index is 13.3. The van der Waals surface area contributed by atoms with Crippen molar-refractivity contribution in [1.29, 1.82) is 0 Å². The summed E-state index contributed by atoms with van der Waals surface area (Å²) < 4.78 is 32.5. The topological polar surface area (TPSA) is 95.9 Å². The SMILES string of the molecule is COSc1cccc([C@H]2C[C@H](S(=O)(=O)c3ccc(Br)cc3C)CN2NC(=O)O)c1. The van der Waals surface area contributed by atoms with Crippen LogP contribution in [0.15, 0.2) is 56.7 Å². The summed E-state index contributed by atoms with van der Waals surface area (Å²) in [6.07, 6.45) is -0.950. The molecule has 0 aliphatic carbocycles. The first-order valence-electron chi connectivity index (χ1n) is 8.79. The maximum Gasteiger partial charge on any atom is 0.419 e. The van der Waals surface area contributed by atoms with Crippen LogP contribution in [0, 0.1) is 6.92 Å². The molecule has 1 aliphatic rings. The second-order valence-corrected chi connectivity index (χ2v) is 10.8. The van der Waals surface area contributed by atoms with E-state index in [0.717, 1.165) is 14.9 Å². The van der Waals surface area contributed by atoms with Gasteiger partial charge in [0.15, 0.2) is 9.84 Å². The summed E-state index contributed by atoms with van der Waals surface area (Å²) in [6.45, 7) is 1.82. The first-order valence-corrected chi connectivity index (χ1v) is 11.9. The van der Waals surface area contributed by atoms with Gasteiger partial charge in [0.2, 0.25) is 0 Å². The number of sulfone groups is 1. The lowest BCUT2D eigenvalue weighted by molar-refractivity contribution is 0.131. The van der Waals surface area contributed by atoms with Crippen LogP contribution in [0.25, 0.3) is 0 Å². The largest absolute Gasteiger partial charge is 0.464 e. The van der Waals surface area contributed by atoms with Crippen molar-refractivity contribution in [3.63, 3.8) is 0 Å². The fourth-order valence-electron chi connectivity index (χ4n) is 3.57. The molecule has 10 heteroatoms. The van der Waals surface area contributed by atoms with Crippen LogP contribution in [0.1, 0.15) is 23.6 Å². The zero-order valence-corrected chi connectivity index (χ0v) is 19.1. The predicted octanol–water partition coefficient (Wildman–Crippen LogP) is 4.18. The third-order valence-electron chi connectivity index (χ3n) is 4.81. The van der Waals surface area contributed by atoms with Gasteiger partial charge in [-0.2, -0.15) is 0 Å². The Balaban J connectivity index is 1.94. The minimum absolute atomic E-state index is 0.0659. The van der Waals surface area contributed by atoms with Gasteiger partial charge in [-0.3, -0.25) is 5.43 Å². The van der Waals surface area contributed by atoms with Gasteiger partial charge in [-0.05, 0) is 54.8 Å². The number of aryl methyl sites for hydroxylation is 1. The number of hydrogen-bond acceptors (Lipinski definition) is 6. The first kappa shape index (κ1) is 22.1. The molecule has 1 fully saturated rings. The molecule has 7 nitrogen and oxygen atoms in total. The highest BCUT2D eigenvalue weighted by molar-refractivity contribution is 9.10. The molecule has 1 saturated heterocycles. The number of benzene rings is 2. The van der Waals surface area contributed by atoms with Crippen molar-refractivity contribution in [3.8, 4) is 0 Å². The van der Waals surface area contributed by atoms with E-state index in [2.05, 4.69) is 21.4 Å². The average Bonchev–Trinajstić information content (AvgIpc) is 3.06. The molecule has 0 radical (unpaired) electrons. The van der Waals surface area contributed by atoms with E-state index in [1.54, 1.807) is 32.2 Å². The van der Waals surface area contributed by atoms with E-state index in [1.807, 2.05) is 24.3 Å². The Morgan fingerprint density at radius 3 is 2.72 bits per heavy atom. The fraction of sp³-hybridized carbons (Fsp3) is 0.316. The quantitative estimate of drug-likeness (QED) is 0.574. The second-order valence-electron chi connectivity index (χ2n) is 6.72. The Morgan fingerprint density at radius 2 is 2.07 bits per heavy atom. The smallest absolute Gasteiger partial charge is 0.419 e. The Kier molecular flexibility index (Phi) is 6.90. The molecule has 0 aromatic heterocycles. The highest BCUT2D eigenvalue weighted by Crippen LogP contribution is 2.38. The van der Waals surface area contributed by atoms with Crippen LogP contribution < -0.4 is 5.43 Å². The zero-order chi connectivity index (χ0) is 21.2. The maximum absolute atomic E-state index is 13.3. The molecule has 2 aromatic rings. The summed E-state index contributed by atoms with van der Waals surface area (Å²) in [4.78, 5) is 12.4. The van der Waals surface area contributed by atoms with E-state index in [4.69, 9.17) is 4.18 Å². The predicted molar refractivity (Wildman–Crippen MR) is 114 cm³/mol. The van der Waals surface area contributed by atoms with Crippen molar-refractivity contribution in [1.82, 2.24) is 10.4 Å². The third kappa shape index (κ3) is 4.95. The van der Waals surface area contributed by atoms with E-state index in [-0.39, 0.29) is 17.9 Å². The van der Waals surface area contributed by atoms with Gasteiger partial charge in [0.25, 0.3) is 0 Å². The number of rotatable bonds is 6. The van der Waals surface area contributed by atoms with Gasteiger partial charge in [-0.1, -0.05) is 28.1 Å². The number of hydrazine groups is 1. The van der Waals surface area contributed by atoms with E-state index in [9.17, 15) is 18.3 Å². The van der Waals surface area contributed by atoms with E-state index < -0.39 is 27.2 Å². The molecule has 2 aromatic carbocycles. The number of nitrogens with one attached hydrogen (secondary N) is 1. The number of halogens is 1. The van der Waals surface area contributed by atoms with Gasteiger partial charge in [-0.15, -0.1) is 0 Å². The van der Waals surface area contributed by atoms with Crippen molar-refractivity contribution < 1.29 is 22.5 Å². The summed E-state index contributed by atoms with van der Waals surface area (Å²) in [7, 11) is -2.08. The lowest BCUT2D eigenvalue weighted by Crippen LogP contribution is -2.42. The minimum atomic E-state index is -3.64. The average molecular weight is 501 g/mol. The lowest BCUT2D eigenvalue weighted by atomic mass is 10.1. The molecule has 1 amide bonds. The van der Waals surface area contributed by atoms with E-state index >= 15 is 0 Å². The molecule has 29 heavy (non-hydrogen) atoms. The Hall–Kier alpha value is -1.59. The van der Waals surface area contributed by atoms with Crippen LogP contribution in [-0.4, -0.2) is 43.5 Å². The van der Waals surface area contributed by atoms with Gasteiger partial charge >= 0.3 is 6.09 Å². The van der Waals surface area contributed by atoms with Crippen LogP contribution >= 0.6 is 28.0 Å². The summed E-state index contributed by atoms with van der Waals surface area (Å²) in [5.74, 6) is 0. The van der Waals surface area contributed by atoms with Crippen molar-refractivity contribution in [2.24, 2.45) is 0 Å². The molecular formula is C19H21BrN2O5S2. The molecule has 2 atom stereocenters. The molecule has 0 bridgehead atoms. The number of amides is 1. The van der Waals surface area contributed by atoms with Gasteiger partial charge in [-0.25, -0.2) is 18.2 Å². The normalized spacial score (nSPS) is 20.0. The molecular weight excluding hydrogens is 480 g/mol. The zero-order valence-electron chi connectivity index (χ0n) is 15.8. The van der Waals surface area contributed by atoms with Crippen LogP contribution in [0.5, 0.6) is 0 Å². The number of carboxylic acid groups (broad SMARTS) is 1. The van der Waals surface area contributed by atoms with Crippen molar-refractivity contribution in [3.05, 3.63) is 58.1 Å². The molecule has 2 N–H and O–H groups in total. The summed E-state index contributed by atoms with van der Waals surface area (Å²) in [5, 5.41) is 9.97. The number of nitrogens with zero attached hydrogens (tertiary/aromatic N) is 1. The monoisotopic (exact) mass is 500 g/mol. The molecule has 1 heterocycles. The first-order chi connectivity index (χ1) is 13.7. The molecule has 156 valence electrons. The molecule has 1 aliphatic heterocycles. The van der Waals surface area contributed by atoms with Crippen molar-refractivity contribution in [2.45, 2.75) is 34.4 Å². The summed E-state index contributed by atoms with van der Waals surface area (Å²) in [6, 6.07) is 12.1. The van der Waals surface area contributed by atoms with Crippen LogP contribution in [-0.2, 0) is 14.0 Å². The van der Waals surface area contributed by atoms with Crippen molar-refractivity contribution >= 4 is 43.9 Å². The van der Waals surface area contributed by atoms with E-state index in [0.29, 0.717) is 5.56 Å². The van der Waals surface area contributed by atoms with Crippen LogP contribution in [0.4, 0.5) is 4.79 Å². The highest BCUT2D eigenvalue weighted by atomic mass is 79.9. The third-order valence-corrected chi connectivity index (χ3v) is 8.20. The van der Waals surface area contributed by atoms with Crippen molar-refractivity contribution in [2.75, 3.05) is 13.7 Å². The molecule has 3 rings (SSSR count). The Labute approximate surface area is 182 Å².